The van der Waals surface area contributed by atoms with E-state index in [-0.39, 0.29) is 11.3 Å². The first-order chi connectivity index (χ1) is 17.9. The predicted octanol–water partition coefficient (Wildman–Crippen LogP) is 4.42. The van der Waals surface area contributed by atoms with Gasteiger partial charge in [0.25, 0.3) is 11.7 Å². The Labute approximate surface area is 218 Å². The zero-order valence-corrected chi connectivity index (χ0v) is 22.0. The number of nitrogens with zero attached hydrogens (tertiary/aromatic N) is 2. The Morgan fingerprint density at radius 2 is 1.76 bits per heavy atom. The number of carbonyl (C=O) groups is 2. The highest BCUT2D eigenvalue weighted by Gasteiger charge is 2.46. The van der Waals surface area contributed by atoms with Crippen LogP contribution in [-0.4, -0.2) is 73.1 Å². The molecule has 1 unspecified atom stereocenters. The average Bonchev–Trinajstić information content (AvgIpc) is 3.17. The van der Waals surface area contributed by atoms with E-state index in [2.05, 4.69) is 11.5 Å². The number of rotatable bonds is 13. The topological polar surface area (TPSA) is 88.5 Å². The number of benzene rings is 2. The number of Topliss-reactive ketones (excluding diaryl/α,β-unsaturated/α-hetero) is 1. The number of hydrogen-bond donors (Lipinski definition) is 1. The smallest absolute Gasteiger partial charge is 0.295 e. The van der Waals surface area contributed by atoms with E-state index in [0.29, 0.717) is 54.7 Å². The first-order valence-electron chi connectivity index (χ1n) is 12.6. The van der Waals surface area contributed by atoms with Gasteiger partial charge >= 0.3 is 0 Å². The third-order valence-corrected chi connectivity index (χ3v) is 6.39. The summed E-state index contributed by atoms with van der Waals surface area (Å²) in [5.41, 5.74) is 1.10. The Hall–Kier alpha value is -3.78. The summed E-state index contributed by atoms with van der Waals surface area (Å²) in [6.45, 7) is 13.0. The first kappa shape index (κ1) is 27.8. The molecule has 0 spiro atoms. The van der Waals surface area contributed by atoms with Gasteiger partial charge in [-0.3, -0.25) is 9.59 Å². The van der Waals surface area contributed by atoms with Gasteiger partial charge in [-0.2, -0.15) is 0 Å². The van der Waals surface area contributed by atoms with Gasteiger partial charge in [-0.15, -0.1) is 0 Å². The fourth-order valence-corrected chi connectivity index (χ4v) is 4.40. The standard InChI is InChI=1S/C29H36N2O6/c1-6-18-37-23-15-12-21(19-24(23)35-5)26-25(27(32)20-10-13-22(14-11-20)36-9-4)28(33)29(34)31(26)17-16-30(7-2)8-3/h6,10-15,19,26,32H,1,7-9,16-18H2,2-5H3/b27-25+. The van der Waals surface area contributed by atoms with Gasteiger partial charge in [0, 0.05) is 18.7 Å². The number of methoxy groups -OCH3 is 1. The maximum absolute atomic E-state index is 13.3. The van der Waals surface area contributed by atoms with Crippen molar-refractivity contribution in [3.05, 3.63) is 71.8 Å². The van der Waals surface area contributed by atoms with E-state index in [1.54, 1.807) is 48.5 Å². The van der Waals surface area contributed by atoms with Crippen LogP contribution in [0.3, 0.4) is 0 Å². The summed E-state index contributed by atoms with van der Waals surface area (Å²) >= 11 is 0. The summed E-state index contributed by atoms with van der Waals surface area (Å²) in [7, 11) is 1.52. The summed E-state index contributed by atoms with van der Waals surface area (Å²) in [6, 6.07) is 11.3. The minimum Gasteiger partial charge on any atom is -0.507 e. The van der Waals surface area contributed by atoms with Crippen LogP contribution in [0.5, 0.6) is 17.2 Å². The number of ketones is 1. The number of carbonyl (C=O) groups excluding carboxylic acids is 2. The lowest BCUT2D eigenvalue weighted by atomic mass is 9.95. The van der Waals surface area contributed by atoms with Gasteiger partial charge in [0.15, 0.2) is 11.5 Å². The van der Waals surface area contributed by atoms with Gasteiger partial charge in [-0.1, -0.05) is 32.6 Å². The second kappa shape index (κ2) is 13.0. The van der Waals surface area contributed by atoms with Crippen molar-refractivity contribution in [3.63, 3.8) is 0 Å². The molecule has 37 heavy (non-hydrogen) atoms. The third-order valence-electron chi connectivity index (χ3n) is 6.39. The highest BCUT2D eigenvalue weighted by Crippen LogP contribution is 2.42. The molecule has 0 saturated carbocycles. The number of ether oxygens (including phenoxy) is 3. The van der Waals surface area contributed by atoms with Gasteiger partial charge in [-0.05, 0) is 62.0 Å². The van der Waals surface area contributed by atoms with E-state index < -0.39 is 17.7 Å². The molecule has 3 rings (SSSR count). The molecule has 1 aliphatic heterocycles. The fourth-order valence-electron chi connectivity index (χ4n) is 4.40. The number of amides is 1. The zero-order chi connectivity index (χ0) is 26.9. The second-order valence-corrected chi connectivity index (χ2v) is 8.49. The maximum atomic E-state index is 13.3. The van der Waals surface area contributed by atoms with Crippen LogP contribution in [0.4, 0.5) is 0 Å². The molecule has 198 valence electrons. The van der Waals surface area contributed by atoms with Gasteiger partial charge in [-0.25, -0.2) is 0 Å². The normalized spacial score (nSPS) is 16.8. The number of aliphatic hydroxyl groups excluding tert-OH is 1. The van der Waals surface area contributed by atoms with Crippen LogP contribution in [0.15, 0.2) is 60.7 Å². The third kappa shape index (κ3) is 6.14. The van der Waals surface area contributed by atoms with Crippen LogP contribution in [0.25, 0.3) is 5.76 Å². The maximum Gasteiger partial charge on any atom is 0.295 e. The molecule has 1 atom stereocenters. The van der Waals surface area contributed by atoms with Crippen molar-refractivity contribution in [2.45, 2.75) is 26.8 Å². The second-order valence-electron chi connectivity index (χ2n) is 8.49. The quantitative estimate of drug-likeness (QED) is 0.185. The fraction of sp³-hybridized carbons (Fsp3) is 0.379. The molecule has 1 fully saturated rings. The average molecular weight is 509 g/mol. The Balaban J connectivity index is 2.11. The minimum atomic E-state index is -0.788. The molecule has 8 heteroatoms. The van der Waals surface area contributed by atoms with Gasteiger partial charge < -0.3 is 29.1 Å². The lowest BCUT2D eigenvalue weighted by Gasteiger charge is -2.28. The van der Waals surface area contributed by atoms with Crippen LogP contribution in [0.1, 0.15) is 37.9 Å². The number of hydrogen-bond acceptors (Lipinski definition) is 7. The molecule has 2 aromatic rings. The van der Waals surface area contributed by atoms with Crippen LogP contribution in [0.2, 0.25) is 0 Å². The molecular formula is C29H36N2O6. The van der Waals surface area contributed by atoms with Crippen molar-refractivity contribution in [2.24, 2.45) is 0 Å². The molecule has 0 aromatic heterocycles. The Bertz CT molecular complexity index is 1140. The monoisotopic (exact) mass is 508 g/mol. The van der Waals surface area contributed by atoms with Crippen LogP contribution in [-0.2, 0) is 9.59 Å². The van der Waals surface area contributed by atoms with Crippen molar-refractivity contribution in [1.82, 2.24) is 9.80 Å². The molecule has 1 N–H and O–H groups in total. The van der Waals surface area contributed by atoms with Crippen LogP contribution < -0.4 is 14.2 Å². The molecule has 8 nitrogen and oxygen atoms in total. The molecule has 1 saturated heterocycles. The molecular weight excluding hydrogens is 472 g/mol. The van der Waals surface area contributed by atoms with Crippen LogP contribution in [0, 0.1) is 0 Å². The largest absolute Gasteiger partial charge is 0.507 e. The van der Waals surface area contributed by atoms with Crippen molar-refractivity contribution >= 4 is 17.4 Å². The van der Waals surface area contributed by atoms with E-state index in [9.17, 15) is 14.7 Å². The van der Waals surface area contributed by atoms with Gasteiger partial charge in [0.05, 0.1) is 25.3 Å². The molecule has 2 aromatic carbocycles. The lowest BCUT2D eigenvalue weighted by molar-refractivity contribution is -0.140. The summed E-state index contributed by atoms with van der Waals surface area (Å²) in [5, 5.41) is 11.3. The summed E-state index contributed by atoms with van der Waals surface area (Å²) in [4.78, 5) is 30.3. The van der Waals surface area contributed by atoms with Crippen molar-refractivity contribution < 1.29 is 28.9 Å². The van der Waals surface area contributed by atoms with Crippen molar-refractivity contribution in [2.75, 3.05) is 46.5 Å². The Morgan fingerprint density at radius 1 is 1.05 bits per heavy atom. The minimum absolute atomic E-state index is 0.0375. The van der Waals surface area contributed by atoms with E-state index in [1.165, 1.54) is 12.0 Å². The Kier molecular flexibility index (Phi) is 9.74. The van der Waals surface area contributed by atoms with Gasteiger partial charge in [0.1, 0.15) is 18.1 Å². The van der Waals surface area contributed by atoms with Crippen molar-refractivity contribution in [1.29, 1.82) is 0 Å². The lowest BCUT2D eigenvalue weighted by Crippen LogP contribution is -2.38. The molecule has 1 heterocycles. The van der Waals surface area contributed by atoms with Gasteiger partial charge in [0.2, 0.25) is 0 Å². The van der Waals surface area contributed by atoms with E-state index in [0.717, 1.165) is 13.1 Å². The highest BCUT2D eigenvalue weighted by atomic mass is 16.5. The van der Waals surface area contributed by atoms with Crippen LogP contribution >= 0.6 is 0 Å². The SMILES string of the molecule is C=CCOc1ccc(C2/C(=C(\O)c3ccc(OCC)cc3)C(=O)C(=O)N2CCN(CC)CC)cc1OC. The molecule has 1 aliphatic rings. The van der Waals surface area contributed by atoms with E-state index >= 15 is 0 Å². The van der Waals surface area contributed by atoms with E-state index in [4.69, 9.17) is 14.2 Å². The zero-order valence-electron chi connectivity index (χ0n) is 22.0. The molecule has 0 aliphatic carbocycles. The summed E-state index contributed by atoms with van der Waals surface area (Å²) < 4.78 is 16.7. The van der Waals surface area contributed by atoms with Crippen molar-refractivity contribution in [3.8, 4) is 17.2 Å². The molecule has 1 amide bonds. The highest BCUT2D eigenvalue weighted by molar-refractivity contribution is 6.46. The number of likely N-dealkylation sites (N-methyl/N-ethyl adjacent to an activating group) is 1. The van der Waals surface area contributed by atoms with E-state index in [1.807, 2.05) is 20.8 Å². The Morgan fingerprint density at radius 3 is 2.35 bits per heavy atom. The summed E-state index contributed by atoms with van der Waals surface area (Å²) in [5.74, 6) is 0.0165. The molecule has 0 radical (unpaired) electrons. The summed E-state index contributed by atoms with van der Waals surface area (Å²) in [6.07, 6.45) is 1.63. The number of likely N-dealkylation sites (tertiary alicyclic amines) is 1. The first-order valence-corrected chi connectivity index (χ1v) is 12.6. The predicted molar refractivity (Wildman–Crippen MR) is 143 cm³/mol. The molecule has 0 bridgehead atoms. The number of aliphatic hydroxyl groups is 1.